The number of aliphatic imine (C=N–C) groups is 1. The van der Waals surface area contributed by atoms with Crippen LogP contribution in [0.2, 0.25) is 0 Å². The van der Waals surface area contributed by atoms with Crippen LogP contribution in [-0.4, -0.2) is 19.0 Å². The Morgan fingerprint density at radius 2 is 2.22 bits per heavy atom. The van der Waals surface area contributed by atoms with Crippen LogP contribution in [0.4, 0.5) is 0 Å². The number of nitrogens with two attached hydrogens (primary N) is 1. The van der Waals surface area contributed by atoms with Crippen LogP contribution in [-0.2, 0) is 0 Å². The van der Waals surface area contributed by atoms with Gasteiger partial charge in [-0.05, 0) is 12.8 Å². The van der Waals surface area contributed by atoms with E-state index in [1.54, 1.807) is 0 Å². The monoisotopic (exact) mass is 241 g/mol. The molecule has 4 heteroatoms. The SMILES string of the molecule is I.NC1=NCCCCN1. The highest BCUT2D eigenvalue weighted by Crippen LogP contribution is 1.90. The second-order valence-electron chi connectivity index (χ2n) is 1.90. The van der Waals surface area contributed by atoms with Crippen LogP contribution >= 0.6 is 24.0 Å². The van der Waals surface area contributed by atoms with Crippen LogP contribution in [0.15, 0.2) is 4.99 Å². The summed E-state index contributed by atoms with van der Waals surface area (Å²) in [7, 11) is 0. The van der Waals surface area contributed by atoms with E-state index in [2.05, 4.69) is 10.3 Å². The lowest BCUT2D eigenvalue weighted by atomic mass is 10.3. The van der Waals surface area contributed by atoms with Gasteiger partial charge in [-0.2, -0.15) is 0 Å². The number of nitrogens with one attached hydrogen (secondary N) is 1. The zero-order chi connectivity index (χ0) is 5.82. The highest BCUT2D eigenvalue weighted by atomic mass is 127. The van der Waals surface area contributed by atoms with Gasteiger partial charge in [0.1, 0.15) is 0 Å². The summed E-state index contributed by atoms with van der Waals surface area (Å²) >= 11 is 0. The first kappa shape index (κ1) is 9.00. The van der Waals surface area contributed by atoms with Crippen molar-refractivity contribution in [1.82, 2.24) is 5.32 Å². The summed E-state index contributed by atoms with van der Waals surface area (Å²) in [6.45, 7) is 1.87. The molecule has 0 aromatic carbocycles. The molecule has 0 unspecified atom stereocenters. The second kappa shape index (κ2) is 4.84. The third-order valence-electron chi connectivity index (χ3n) is 1.17. The quantitative estimate of drug-likeness (QED) is 0.599. The zero-order valence-corrected chi connectivity index (χ0v) is 7.59. The van der Waals surface area contributed by atoms with Crippen molar-refractivity contribution in [3.8, 4) is 0 Å². The highest BCUT2D eigenvalue weighted by molar-refractivity contribution is 14.0. The van der Waals surface area contributed by atoms with Gasteiger partial charge >= 0.3 is 0 Å². The molecule has 3 N–H and O–H groups in total. The standard InChI is InChI=1S/C5H11N3.HI/c6-5-7-3-1-2-4-8-5;/h1-4H2,(H3,6,7,8);1H. The Kier molecular flexibility index (Phi) is 4.84. The molecule has 0 spiro atoms. The van der Waals surface area contributed by atoms with Gasteiger partial charge in [-0.15, -0.1) is 24.0 Å². The Balaban J connectivity index is 0.000000640. The average molecular weight is 241 g/mol. The molecular formula is C5H12IN3. The fourth-order valence-corrected chi connectivity index (χ4v) is 0.709. The normalized spacial score (nSPS) is 18.4. The molecule has 0 saturated carbocycles. The van der Waals surface area contributed by atoms with Crippen LogP contribution < -0.4 is 11.1 Å². The molecule has 9 heavy (non-hydrogen) atoms. The number of rotatable bonds is 0. The molecule has 1 aliphatic rings. The molecule has 0 aliphatic carbocycles. The van der Waals surface area contributed by atoms with E-state index in [-0.39, 0.29) is 24.0 Å². The molecule has 0 fully saturated rings. The van der Waals surface area contributed by atoms with E-state index in [0.717, 1.165) is 19.5 Å². The molecule has 3 nitrogen and oxygen atoms in total. The number of hydrogen-bond donors (Lipinski definition) is 2. The largest absolute Gasteiger partial charge is 0.370 e. The van der Waals surface area contributed by atoms with Gasteiger partial charge in [0, 0.05) is 13.1 Å². The molecular weight excluding hydrogens is 229 g/mol. The molecule has 0 aromatic heterocycles. The predicted molar refractivity (Wildman–Crippen MR) is 49.1 cm³/mol. The molecule has 0 radical (unpaired) electrons. The first-order chi connectivity index (χ1) is 3.89. The minimum absolute atomic E-state index is 0. The van der Waals surface area contributed by atoms with E-state index in [1.165, 1.54) is 6.42 Å². The number of halogens is 1. The van der Waals surface area contributed by atoms with Crippen molar-refractivity contribution in [3.05, 3.63) is 0 Å². The molecule has 0 bridgehead atoms. The summed E-state index contributed by atoms with van der Waals surface area (Å²) in [5.74, 6) is 0.600. The minimum Gasteiger partial charge on any atom is -0.370 e. The zero-order valence-electron chi connectivity index (χ0n) is 5.26. The lowest BCUT2D eigenvalue weighted by Gasteiger charge is -1.96. The van der Waals surface area contributed by atoms with Gasteiger partial charge in [0.05, 0.1) is 0 Å². The van der Waals surface area contributed by atoms with Crippen molar-refractivity contribution < 1.29 is 0 Å². The maximum Gasteiger partial charge on any atom is 0.188 e. The fourth-order valence-electron chi connectivity index (χ4n) is 0.709. The summed E-state index contributed by atoms with van der Waals surface area (Å²) in [4.78, 5) is 4.01. The van der Waals surface area contributed by atoms with Gasteiger partial charge in [0.15, 0.2) is 5.96 Å². The van der Waals surface area contributed by atoms with E-state index in [1.807, 2.05) is 0 Å². The lowest BCUT2D eigenvalue weighted by molar-refractivity contribution is 0.749. The first-order valence-electron chi connectivity index (χ1n) is 2.93. The van der Waals surface area contributed by atoms with Gasteiger partial charge in [0.25, 0.3) is 0 Å². The van der Waals surface area contributed by atoms with Gasteiger partial charge in [0.2, 0.25) is 0 Å². The number of guanidine groups is 1. The summed E-state index contributed by atoms with van der Waals surface area (Å²) in [6, 6.07) is 0. The molecule has 1 aliphatic heterocycles. The summed E-state index contributed by atoms with van der Waals surface area (Å²) in [5.41, 5.74) is 5.37. The van der Waals surface area contributed by atoms with Crippen LogP contribution in [0.3, 0.4) is 0 Å². The van der Waals surface area contributed by atoms with E-state index >= 15 is 0 Å². The topological polar surface area (TPSA) is 50.4 Å². The van der Waals surface area contributed by atoms with E-state index in [0.29, 0.717) is 5.96 Å². The predicted octanol–water partition coefficient (Wildman–Crippen LogP) is 0.303. The maximum absolute atomic E-state index is 5.37. The van der Waals surface area contributed by atoms with E-state index < -0.39 is 0 Å². The summed E-state index contributed by atoms with van der Waals surface area (Å²) < 4.78 is 0. The van der Waals surface area contributed by atoms with Gasteiger partial charge in [-0.1, -0.05) is 0 Å². The lowest BCUT2D eigenvalue weighted by Crippen LogP contribution is -2.30. The van der Waals surface area contributed by atoms with Crippen molar-refractivity contribution in [1.29, 1.82) is 0 Å². The Labute approximate surface area is 72.1 Å². The number of nitrogens with zero attached hydrogens (tertiary/aromatic N) is 1. The van der Waals surface area contributed by atoms with Gasteiger partial charge < -0.3 is 11.1 Å². The molecule has 0 atom stereocenters. The Bertz CT molecular complexity index is 102. The summed E-state index contributed by atoms with van der Waals surface area (Å²) in [5, 5.41) is 2.97. The van der Waals surface area contributed by atoms with Crippen molar-refractivity contribution in [2.45, 2.75) is 12.8 Å². The molecule has 1 rings (SSSR count). The second-order valence-corrected chi connectivity index (χ2v) is 1.90. The molecule has 54 valence electrons. The van der Waals surface area contributed by atoms with Crippen LogP contribution in [0.25, 0.3) is 0 Å². The van der Waals surface area contributed by atoms with Crippen LogP contribution in [0.1, 0.15) is 12.8 Å². The van der Waals surface area contributed by atoms with Gasteiger partial charge in [-0.25, -0.2) is 0 Å². The fraction of sp³-hybridized carbons (Fsp3) is 0.800. The average Bonchev–Trinajstić information content (AvgIpc) is 1.94. The molecule has 0 saturated heterocycles. The summed E-state index contributed by atoms with van der Waals surface area (Å²) in [6.07, 6.45) is 2.35. The Morgan fingerprint density at radius 1 is 1.44 bits per heavy atom. The molecule has 0 aromatic rings. The van der Waals surface area contributed by atoms with Crippen molar-refractivity contribution >= 4 is 29.9 Å². The van der Waals surface area contributed by atoms with E-state index in [9.17, 15) is 0 Å². The van der Waals surface area contributed by atoms with Crippen molar-refractivity contribution in [3.63, 3.8) is 0 Å². The van der Waals surface area contributed by atoms with E-state index in [4.69, 9.17) is 5.73 Å². The molecule has 0 amide bonds. The van der Waals surface area contributed by atoms with Gasteiger partial charge in [-0.3, -0.25) is 4.99 Å². The van der Waals surface area contributed by atoms with Crippen molar-refractivity contribution in [2.75, 3.05) is 13.1 Å². The Morgan fingerprint density at radius 3 is 3.00 bits per heavy atom. The Hall–Kier alpha value is 0. The minimum atomic E-state index is 0. The number of hydrogen-bond acceptors (Lipinski definition) is 3. The maximum atomic E-state index is 5.37. The van der Waals surface area contributed by atoms with Crippen LogP contribution in [0, 0.1) is 0 Å². The van der Waals surface area contributed by atoms with Crippen LogP contribution in [0.5, 0.6) is 0 Å². The third kappa shape index (κ3) is 3.56. The first-order valence-corrected chi connectivity index (χ1v) is 2.93. The molecule has 1 heterocycles. The smallest absolute Gasteiger partial charge is 0.188 e. The van der Waals surface area contributed by atoms with Crippen molar-refractivity contribution in [2.24, 2.45) is 10.7 Å². The third-order valence-corrected chi connectivity index (χ3v) is 1.17. The highest BCUT2D eigenvalue weighted by Gasteiger charge is 1.95.